The molecule has 3 amide bonds. The van der Waals surface area contributed by atoms with Gasteiger partial charge in [0.25, 0.3) is 17.7 Å². The molecule has 0 bridgehead atoms. The Kier molecular flexibility index (Phi) is 6.26. The van der Waals surface area contributed by atoms with Crippen LogP contribution in [-0.4, -0.2) is 41.2 Å². The first-order chi connectivity index (χ1) is 16.0. The number of imide groups is 1. The highest BCUT2D eigenvalue weighted by Gasteiger charge is 2.43. The summed E-state index contributed by atoms with van der Waals surface area (Å²) in [5.74, 6) is -3.52. The van der Waals surface area contributed by atoms with Crippen LogP contribution in [0.2, 0.25) is 0 Å². The van der Waals surface area contributed by atoms with Crippen LogP contribution in [0.3, 0.4) is 0 Å². The van der Waals surface area contributed by atoms with E-state index in [2.05, 4.69) is 5.32 Å². The fraction of sp³-hybridized carbons (Fsp3) is 0.120. The van der Waals surface area contributed by atoms with Crippen molar-refractivity contribution in [2.45, 2.75) is 12.5 Å². The summed E-state index contributed by atoms with van der Waals surface area (Å²) in [4.78, 5) is 51.9. The molecule has 1 atom stereocenters. The second-order valence-electron chi connectivity index (χ2n) is 7.37. The van der Waals surface area contributed by atoms with Gasteiger partial charge in [-0.3, -0.25) is 19.3 Å². The second-order valence-corrected chi connectivity index (χ2v) is 7.37. The van der Waals surface area contributed by atoms with Crippen molar-refractivity contribution in [3.8, 4) is 0 Å². The fourth-order valence-electron chi connectivity index (χ4n) is 3.59. The molecule has 166 valence electrons. The molecule has 0 unspecified atom stereocenters. The van der Waals surface area contributed by atoms with Crippen LogP contribution in [0.4, 0.5) is 10.1 Å². The number of halogens is 1. The summed E-state index contributed by atoms with van der Waals surface area (Å²) in [6, 6.07) is 19.4. The predicted octanol–water partition coefficient (Wildman–Crippen LogP) is 3.21. The number of benzene rings is 3. The number of nitrogens with one attached hydrogen (secondary N) is 1. The number of hydrogen-bond donors (Lipinski definition) is 1. The number of nitrogens with zero attached hydrogens (tertiary/aromatic N) is 1. The zero-order valence-electron chi connectivity index (χ0n) is 17.4. The van der Waals surface area contributed by atoms with Crippen molar-refractivity contribution in [1.29, 1.82) is 0 Å². The maximum atomic E-state index is 13.7. The number of anilines is 1. The standard InChI is InChI=1S/C25H19FN2O5/c26-19-12-6-7-13-20(19)27-22(29)15-33-25(32)21(14-16-8-2-1-3-9-16)28-23(30)17-10-4-5-11-18(17)24(28)31/h1-13,21H,14-15H2,(H,27,29)/t21-/m0/s1. The molecule has 0 aliphatic carbocycles. The van der Waals surface area contributed by atoms with Crippen LogP contribution in [0.15, 0.2) is 78.9 Å². The molecule has 7 nitrogen and oxygen atoms in total. The Hall–Kier alpha value is -4.33. The van der Waals surface area contributed by atoms with Crippen molar-refractivity contribution in [2.24, 2.45) is 0 Å². The maximum Gasteiger partial charge on any atom is 0.330 e. The van der Waals surface area contributed by atoms with Crippen molar-refractivity contribution in [3.05, 3.63) is 101 Å². The van der Waals surface area contributed by atoms with E-state index in [4.69, 9.17) is 4.74 Å². The van der Waals surface area contributed by atoms with Crippen LogP contribution in [0.25, 0.3) is 0 Å². The largest absolute Gasteiger partial charge is 0.454 e. The number of hydrogen-bond acceptors (Lipinski definition) is 5. The van der Waals surface area contributed by atoms with E-state index in [1.54, 1.807) is 48.5 Å². The lowest BCUT2D eigenvalue weighted by molar-refractivity contribution is -0.151. The Morgan fingerprint density at radius 1 is 0.848 bits per heavy atom. The van der Waals surface area contributed by atoms with Gasteiger partial charge in [-0.2, -0.15) is 0 Å². The average molecular weight is 446 g/mol. The smallest absolute Gasteiger partial charge is 0.330 e. The van der Waals surface area contributed by atoms with E-state index in [0.717, 1.165) is 4.90 Å². The molecule has 0 aromatic heterocycles. The molecule has 0 spiro atoms. The zero-order chi connectivity index (χ0) is 23.4. The Morgan fingerprint density at radius 3 is 2.06 bits per heavy atom. The third-order valence-electron chi connectivity index (χ3n) is 5.17. The van der Waals surface area contributed by atoms with Gasteiger partial charge in [-0.25, -0.2) is 9.18 Å². The number of ether oxygens (including phenoxy) is 1. The van der Waals surface area contributed by atoms with Crippen LogP contribution < -0.4 is 5.32 Å². The van der Waals surface area contributed by atoms with Crippen LogP contribution in [0.5, 0.6) is 0 Å². The first-order valence-electron chi connectivity index (χ1n) is 10.2. The van der Waals surface area contributed by atoms with Gasteiger partial charge in [-0.05, 0) is 29.8 Å². The predicted molar refractivity (Wildman–Crippen MR) is 117 cm³/mol. The molecule has 4 rings (SSSR count). The van der Waals surface area contributed by atoms with Gasteiger partial charge in [0.15, 0.2) is 6.61 Å². The summed E-state index contributed by atoms with van der Waals surface area (Å²) in [5.41, 5.74) is 1.04. The fourth-order valence-corrected chi connectivity index (χ4v) is 3.59. The lowest BCUT2D eigenvalue weighted by Gasteiger charge is -2.24. The van der Waals surface area contributed by atoms with Crippen molar-refractivity contribution < 1.29 is 28.3 Å². The van der Waals surface area contributed by atoms with E-state index in [-0.39, 0.29) is 23.2 Å². The number of esters is 1. The van der Waals surface area contributed by atoms with Gasteiger partial charge in [-0.1, -0.05) is 54.6 Å². The second kappa shape index (κ2) is 9.44. The highest BCUT2D eigenvalue weighted by molar-refractivity contribution is 6.22. The van der Waals surface area contributed by atoms with E-state index in [0.29, 0.717) is 5.56 Å². The monoisotopic (exact) mass is 446 g/mol. The summed E-state index contributed by atoms with van der Waals surface area (Å²) >= 11 is 0. The first-order valence-corrected chi connectivity index (χ1v) is 10.2. The van der Waals surface area contributed by atoms with Gasteiger partial charge in [0.05, 0.1) is 16.8 Å². The van der Waals surface area contributed by atoms with Crippen LogP contribution in [0.1, 0.15) is 26.3 Å². The molecule has 8 heteroatoms. The number of para-hydroxylation sites is 1. The summed E-state index contributed by atoms with van der Waals surface area (Å²) in [6.07, 6.45) is 0.0140. The molecule has 1 heterocycles. The molecule has 0 radical (unpaired) electrons. The normalized spacial score (nSPS) is 13.4. The highest BCUT2D eigenvalue weighted by Crippen LogP contribution is 2.26. The van der Waals surface area contributed by atoms with Gasteiger partial charge in [0.2, 0.25) is 0 Å². The number of carbonyl (C=O) groups excluding carboxylic acids is 4. The molecule has 3 aromatic carbocycles. The third kappa shape index (κ3) is 4.64. The highest BCUT2D eigenvalue weighted by atomic mass is 19.1. The Morgan fingerprint density at radius 2 is 1.42 bits per heavy atom. The van der Waals surface area contributed by atoms with Crippen molar-refractivity contribution in [1.82, 2.24) is 4.90 Å². The lowest BCUT2D eigenvalue weighted by Crippen LogP contribution is -2.47. The van der Waals surface area contributed by atoms with Gasteiger partial charge < -0.3 is 10.1 Å². The quantitative estimate of drug-likeness (QED) is 0.444. The van der Waals surface area contributed by atoms with Crippen LogP contribution >= 0.6 is 0 Å². The summed E-state index contributed by atoms with van der Waals surface area (Å²) in [7, 11) is 0. The van der Waals surface area contributed by atoms with Crippen LogP contribution in [-0.2, 0) is 20.7 Å². The SMILES string of the molecule is O=C(COC(=O)[C@H](Cc1ccccc1)N1C(=O)c2ccccc2C1=O)Nc1ccccc1F. The minimum absolute atomic E-state index is 0.0140. The summed E-state index contributed by atoms with van der Waals surface area (Å²) < 4.78 is 18.9. The van der Waals surface area contributed by atoms with E-state index in [1.165, 1.54) is 30.3 Å². The number of fused-ring (bicyclic) bond motifs is 1. The molecular weight excluding hydrogens is 427 g/mol. The number of amides is 3. The molecule has 0 saturated heterocycles. The minimum atomic E-state index is -1.28. The zero-order valence-corrected chi connectivity index (χ0v) is 17.4. The van der Waals surface area contributed by atoms with Gasteiger partial charge in [0, 0.05) is 6.42 Å². The minimum Gasteiger partial charge on any atom is -0.454 e. The Balaban J connectivity index is 1.52. The first kappa shape index (κ1) is 21.9. The molecule has 1 aliphatic rings. The molecular formula is C25H19FN2O5. The van der Waals surface area contributed by atoms with Crippen molar-refractivity contribution in [2.75, 3.05) is 11.9 Å². The summed E-state index contributed by atoms with van der Waals surface area (Å²) in [5, 5.41) is 2.32. The number of carbonyl (C=O) groups is 4. The summed E-state index contributed by atoms with van der Waals surface area (Å²) in [6.45, 7) is -0.707. The number of rotatable bonds is 7. The van der Waals surface area contributed by atoms with E-state index >= 15 is 0 Å². The van der Waals surface area contributed by atoms with E-state index < -0.39 is 42.2 Å². The lowest BCUT2D eigenvalue weighted by atomic mass is 10.0. The Labute approximate surface area is 188 Å². The maximum absolute atomic E-state index is 13.7. The van der Waals surface area contributed by atoms with Gasteiger partial charge in [0.1, 0.15) is 11.9 Å². The topological polar surface area (TPSA) is 92.8 Å². The molecule has 33 heavy (non-hydrogen) atoms. The van der Waals surface area contributed by atoms with E-state index in [9.17, 15) is 23.6 Å². The third-order valence-corrected chi connectivity index (χ3v) is 5.17. The Bertz CT molecular complexity index is 1190. The van der Waals surface area contributed by atoms with E-state index in [1.807, 2.05) is 0 Å². The molecule has 0 saturated carbocycles. The molecule has 1 N–H and O–H groups in total. The average Bonchev–Trinajstić information content (AvgIpc) is 3.08. The van der Waals surface area contributed by atoms with Crippen molar-refractivity contribution >= 4 is 29.4 Å². The van der Waals surface area contributed by atoms with Crippen molar-refractivity contribution in [3.63, 3.8) is 0 Å². The molecule has 1 aliphatic heterocycles. The molecule has 0 fully saturated rings. The van der Waals surface area contributed by atoms with Crippen LogP contribution in [0, 0.1) is 5.82 Å². The van der Waals surface area contributed by atoms with Gasteiger partial charge >= 0.3 is 5.97 Å². The van der Waals surface area contributed by atoms with Gasteiger partial charge in [-0.15, -0.1) is 0 Å². The molecule has 3 aromatic rings.